The molecule has 2 aliphatic heterocycles. The zero-order valence-corrected chi connectivity index (χ0v) is 27.5. The number of imidazole rings is 2. The predicted molar refractivity (Wildman–Crippen MR) is 180 cm³/mol. The molecule has 2 saturated heterocycles. The third kappa shape index (κ3) is 5.33. The molecule has 4 aromatic heterocycles. The Hall–Kier alpha value is -4.04. The largest absolute Gasteiger partial charge is 0.336 e. The van der Waals surface area contributed by atoms with Gasteiger partial charge in [-0.3, -0.25) is 4.79 Å². The van der Waals surface area contributed by atoms with E-state index in [-0.39, 0.29) is 11.8 Å². The number of aryl methyl sites for hydroxylation is 3. The second-order valence-electron chi connectivity index (χ2n) is 14.1. The quantitative estimate of drug-likeness (QED) is 0.201. The summed E-state index contributed by atoms with van der Waals surface area (Å²) in [7, 11) is 1.97. The molecular formula is C37H45N7O. The molecule has 0 aliphatic carbocycles. The molecule has 0 spiro atoms. The van der Waals surface area contributed by atoms with Crippen molar-refractivity contribution in [2.24, 2.45) is 7.05 Å². The van der Waals surface area contributed by atoms with E-state index in [0.29, 0.717) is 12.1 Å². The lowest BCUT2D eigenvalue weighted by molar-refractivity contribution is -0.137. The topological polar surface area (TPSA) is 80.3 Å². The van der Waals surface area contributed by atoms with Crippen LogP contribution in [0.15, 0.2) is 55.1 Å². The van der Waals surface area contributed by atoms with Gasteiger partial charge in [0.2, 0.25) is 5.91 Å². The molecule has 6 heterocycles. The Morgan fingerprint density at radius 3 is 2.44 bits per heavy atom. The second-order valence-corrected chi connectivity index (χ2v) is 14.1. The van der Waals surface area contributed by atoms with Gasteiger partial charge >= 0.3 is 0 Å². The van der Waals surface area contributed by atoms with Crippen LogP contribution in [-0.2, 0) is 23.7 Å². The maximum atomic E-state index is 14.0. The summed E-state index contributed by atoms with van der Waals surface area (Å²) in [6.07, 6.45) is 11.4. The van der Waals surface area contributed by atoms with Crippen molar-refractivity contribution < 1.29 is 4.79 Å². The van der Waals surface area contributed by atoms with Crippen molar-refractivity contribution in [2.75, 3.05) is 13.1 Å². The fraction of sp³-hybridized carbons (Fsp3) is 0.459. The minimum atomic E-state index is -0.620. The van der Waals surface area contributed by atoms with E-state index in [2.05, 4.69) is 102 Å². The van der Waals surface area contributed by atoms with E-state index in [1.165, 1.54) is 22.4 Å². The SMILES string of the molecule is Cc1cc(C)cc(-c2nc3ccc(C(C)(C)C(=O)N4C5CCC4CC5)cn3c2C(C)CNCCc2cnc3c(c2)ncn3C)c1. The average molecular weight is 604 g/mol. The molecule has 1 unspecified atom stereocenters. The van der Waals surface area contributed by atoms with Crippen LogP contribution in [0.25, 0.3) is 28.1 Å². The van der Waals surface area contributed by atoms with Gasteiger partial charge in [-0.15, -0.1) is 0 Å². The van der Waals surface area contributed by atoms with Crippen molar-refractivity contribution in [2.45, 2.75) is 90.1 Å². The molecule has 5 aromatic rings. The highest BCUT2D eigenvalue weighted by molar-refractivity contribution is 5.88. The van der Waals surface area contributed by atoms with E-state index in [4.69, 9.17) is 4.98 Å². The molecule has 1 aromatic carbocycles. The number of carbonyl (C=O) groups excluding carboxylic acids is 1. The van der Waals surface area contributed by atoms with Crippen molar-refractivity contribution in [1.82, 2.24) is 34.1 Å². The summed E-state index contributed by atoms with van der Waals surface area (Å²) in [6.45, 7) is 12.4. The summed E-state index contributed by atoms with van der Waals surface area (Å²) in [4.78, 5) is 30.5. The van der Waals surface area contributed by atoms with Crippen LogP contribution in [0, 0.1) is 13.8 Å². The van der Waals surface area contributed by atoms with Gasteiger partial charge in [0.25, 0.3) is 0 Å². The van der Waals surface area contributed by atoms with Crippen LogP contribution in [0.3, 0.4) is 0 Å². The molecule has 2 fully saturated rings. The van der Waals surface area contributed by atoms with Gasteiger partial charge in [-0.1, -0.05) is 30.2 Å². The van der Waals surface area contributed by atoms with Gasteiger partial charge in [-0.05, 0) is 102 Å². The zero-order chi connectivity index (χ0) is 31.5. The molecule has 7 rings (SSSR count). The number of nitrogens with one attached hydrogen (secondary N) is 1. The lowest BCUT2D eigenvalue weighted by atomic mass is 9.84. The van der Waals surface area contributed by atoms with Crippen LogP contribution in [-0.4, -0.2) is 59.9 Å². The monoisotopic (exact) mass is 603 g/mol. The Morgan fingerprint density at radius 1 is 1.02 bits per heavy atom. The number of nitrogens with zero attached hydrogens (tertiary/aromatic N) is 6. The Labute approximate surface area is 265 Å². The van der Waals surface area contributed by atoms with Crippen molar-refractivity contribution in [3.05, 3.63) is 83.1 Å². The number of fused-ring (bicyclic) bond motifs is 4. The molecular weight excluding hydrogens is 558 g/mol. The van der Waals surface area contributed by atoms with Crippen LogP contribution in [0.4, 0.5) is 0 Å². The molecule has 1 N–H and O–H groups in total. The molecule has 45 heavy (non-hydrogen) atoms. The maximum absolute atomic E-state index is 14.0. The minimum Gasteiger partial charge on any atom is -0.336 e. The molecule has 1 atom stereocenters. The first-order valence-corrected chi connectivity index (χ1v) is 16.5. The first-order valence-electron chi connectivity index (χ1n) is 16.5. The number of benzene rings is 1. The number of hydrogen-bond donors (Lipinski definition) is 1. The summed E-state index contributed by atoms with van der Waals surface area (Å²) in [5, 5.41) is 3.70. The summed E-state index contributed by atoms with van der Waals surface area (Å²) in [5.74, 6) is 0.437. The summed E-state index contributed by atoms with van der Waals surface area (Å²) < 4.78 is 4.20. The van der Waals surface area contributed by atoms with Crippen molar-refractivity contribution in [3.8, 4) is 11.3 Å². The van der Waals surface area contributed by atoms with Crippen LogP contribution in [0.5, 0.6) is 0 Å². The molecule has 234 valence electrons. The molecule has 0 saturated carbocycles. The van der Waals surface area contributed by atoms with Crippen LogP contribution < -0.4 is 5.32 Å². The molecule has 0 radical (unpaired) electrons. The molecule has 8 nitrogen and oxygen atoms in total. The number of pyridine rings is 2. The van der Waals surface area contributed by atoms with Crippen molar-refractivity contribution in [1.29, 1.82) is 0 Å². The minimum absolute atomic E-state index is 0.177. The highest BCUT2D eigenvalue weighted by Gasteiger charge is 2.47. The zero-order valence-electron chi connectivity index (χ0n) is 27.5. The van der Waals surface area contributed by atoms with Gasteiger partial charge in [0.1, 0.15) is 11.2 Å². The number of amides is 1. The molecule has 2 aliphatic rings. The van der Waals surface area contributed by atoms with Crippen LogP contribution in [0.2, 0.25) is 0 Å². The van der Waals surface area contributed by atoms with E-state index in [0.717, 1.165) is 78.8 Å². The van der Waals surface area contributed by atoms with Gasteiger partial charge in [0.15, 0.2) is 5.65 Å². The fourth-order valence-corrected chi connectivity index (χ4v) is 7.76. The Morgan fingerprint density at radius 2 is 1.73 bits per heavy atom. The second kappa shape index (κ2) is 11.4. The van der Waals surface area contributed by atoms with Gasteiger partial charge in [-0.25, -0.2) is 15.0 Å². The lowest BCUT2D eigenvalue weighted by Gasteiger charge is -2.33. The summed E-state index contributed by atoms with van der Waals surface area (Å²) in [6, 6.07) is 13.8. The number of hydrogen-bond acceptors (Lipinski definition) is 5. The lowest BCUT2D eigenvalue weighted by Crippen LogP contribution is -2.46. The third-order valence-corrected chi connectivity index (χ3v) is 10.2. The van der Waals surface area contributed by atoms with E-state index in [1.54, 1.807) is 0 Å². The number of aromatic nitrogens is 5. The van der Waals surface area contributed by atoms with E-state index in [9.17, 15) is 4.79 Å². The Bertz CT molecular complexity index is 1860. The van der Waals surface area contributed by atoms with Crippen molar-refractivity contribution in [3.63, 3.8) is 0 Å². The smallest absolute Gasteiger partial charge is 0.233 e. The third-order valence-electron chi connectivity index (χ3n) is 10.2. The summed E-state index contributed by atoms with van der Waals surface area (Å²) in [5.41, 5.74) is 10.1. The normalized spacial score (nSPS) is 18.8. The molecule has 2 bridgehead atoms. The van der Waals surface area contributed by atoms with Crippen LogP contribution in [0.1, 0.15) is 80.3 Å². The van der Waals surface area contributed by atoms with Gasteiger partial charge in [0.05, 0.1) is 23.1 Å². The highest BCUT2D eigenvalue weighted by atomic mass is 16.2. The summed E-state index contributed by atoms with van der Waals surface area (Å²) >= 11 is 0. The van der Waals surface area contributed by atoms with Gasteiger partial charge in [0, 0.05) is 49.6 Å². The Balaban J connectivity index is 1.18. The molecule has 1 amide bonds. The highest BCUT2D eigenvalue weighted by Crippen LogP contribution is 2.41. The van der Waals surface area contributed by atoms with E-state index < -0.39 is 5.41 Å². The van der Waals surface area contributed by atoms with Crippen molar-refractivity contribution >= 4 is 22.7 Å². The molecule has 8 heteroatoms. The van der Waals surface area contributed by atoms with E-state index >= 15 is 0 Å². The maximum Gasteiger partial charge on any atom is 0.233 e. The Kier molecular flexibility index (Phi) is 7.51. The first-order chi connectivity index (χ1) is 21.6. The first kappa shape index (κ1) is 29.7. The van der Waals surface area contributed by atoms with Gasteiger partial charge < -0.3 is 19.2 Å². The predicted octanol–water partition coefficient (Wildman–Crippen LogP) is 6.27. The average Bonchev–Trinajstić information content (AvgIpc) is 3.80. The van der Waals surface area contributed by atoms with E-state index in [1.807, 2.05) is 24.1 Å². The van der Waals surface area contributed by atoms with Gasteiger partial charge in [-0.2, -0.15) is 0 Å². The van der Waals surface area contributed by atoms with Crippen LogP contribution >= 0.6 is 0 Å². The number of rotatable bonds is 9. The standard InChI is InChI=1S/C37H45N7O/c1-23-15-24(2)17-27(16-23)33-34(25(3)19-38-14-13-26-18-31-35(39-20-26)42(6)22-40-31)43-21-28(7-12-32(43)41-33)37(4,5)36(45)44-29-8-9-30(44)11-10-29/h7,12,15-18,20-22,25,29-30,38H,8-11,13-14,19H2,1-6H3. The number of carbonyl (C=O) groups is 1. The fourth-order valence-electron chi connectivity index (χ4n) is 7.76.